The van der Waals surface area contributed by atoms with Crippen LogP contribution >= 0.6 is 0 Å². The molecule has 0 unspecified atom stereocenters. The van der Waals surface area contributed by atoms with Gasteiger partial charge in [0.05, 0.1) is 5.60 Å². The second-order valence-electron chi connectivity index (χ2n) is 7.44. The molecule has 2 N–H and O–H groups in total. The number of phenolic OH excluding ortho intramolecular Hbond substituents is 1. The number of phenols is 1. The summed E-state index contributed by atoms with van der Waals surface area (Å²) in [5.74, 6) is 1.76. The zero-order chi connectivity index (χ0) is 15.2. The summed E-state index contributed by atoms with van der Waals surface area (Å²) in [7, 11) is 4.16. The first-order valence-corrected chi connectivity index (χ1v) is 8.07. The third-order valence-electron chi connectivity index (χ3n) is 5.61. The molecule has 0 heterocycles. The summed E-state index contributed by atoms with van der Waals surface area (Å²) in [6.45, 7) is 2.94. The molecule has 2 aliphatic carbocycles. The molecule has 2 aliphatic rings. The van der Waals surface area contributed by atoms with Gasteiger partial charge in [0, 0.05) is 12.5 Å². The molecule has 1 aromatic carbocycles. The van der Waals surface area contributed by atoms with Crippen molar-refractivity contribution >= 4 is 0 Å². The van der Waals surface area contributed by atoms with Gasteiger partial charge in [0.1, 0.15) is 5.75 Å². The molecule has 0 amide bonds. The predicted octanol–water partition coefficient (Wildman–Crippen LogP) is 2.89. The Bertz CT molecular complexity index is 528. The van der Waals surface area contributed by atoms with Gasteiger partial charge in [-0.3, -0.25) is 0 Å². The Balaban J connectivity index is 2.04. The lowest BCUT2D eigenvalue weighted by atomic mass is 9.65. The fourth-order valence-corrected chi connectivity index (χ4v) is 4.73. The summed E-state index contributed by atoms with van der Waals surface area (Å²) in [5, 5.41) is 21.5. The maximum atomic E-state index is 11.6. The summed E-state index contributed by atoms with van der Waals surface area (Å²) in [6, 6.07) is 5.41. The molecule has 0 radical (unpaired) electrons. The fourth-order valence-electron chi connectivity index (χ4n) is 4.73. The number of nitrogens with zero attached hydrogens (tertiary/aromatic N) is 1. The molecule has 2 bridgehead atoms. The van der Waals surface area contributed by atoms with E-state index in [2.05, 4.69) is 19.0 Å². The normalized spacial score (nSPS) is 35.4. The van der Waals surface area contributed by atoms with E-state index in [1.165, 1.54) is 19.3 Å². The molecule has 2 saturated carbocycles. The first-order valence-electron chi connectivity index (χ1n) is 8.07. The molecular formula is C18H27NO2. The Morgan fingerprint density at radius 1 is 1.29 bits per heavy atom. The minimum absolute atomic E-state index is 0.255. The van der Waals surface area contributed by atoms with Crippen molar-refractivity contribution in [3.05, 3.63) is 29.3 Å². The summed E-state index contributed by atoms with van der Waals surface area (Å²) < 4.78 is 0. The van der Waals surface area contributed by atoms with Crippen LogP contribution in [-0.2, 0) is 5.60 Å². The van der Waals surface area contributed by atoms with Gasteiger partial charge in [0.2, 0.25) is 0 Å². The molecule has 3 heteroatoms. The van der Waals surface area contributed by atoms with Crippen molar-refractivity contribution in [2.45, 2.75) is 38.2 Å². The van der Waals surface area contributed by atoms with Crippen LogP contribution in [0.4, 0.5) is 0 Å². The van der Waals surface area contributed by atoms with Gasteiger partial charge in [-0.15, -0.1) is 0 Å². The number of rotatable bonds is 3. The minimum Gasteiger partial charge on any atom is -0.508 e. The summed E-state index contributed by atoms with van der Waals surface area (Å²) in [4.78, 5) is 2.19. The summed E-state index contributed by atoms with van der Waals surface area (Å²) >= 11 is 0. The van der Waals surface area contributed by atoms with E-state index >= 15 is 0 Å². The van der Waals surface area contributed by atoms with E-state index in [-0.39, 0.29) is 11.7 Å². The van der Waals surface area contributed by atoms with E-state index in [9.17, 15) is 10.2 Å². The van der Waals surface area contributed by atoms with Crippen molar-refractivity contribution in [2.75, 3.05) is 20.6 Å². The standard InChI is InChI=1S/C18H27NO2/c1-12-4-7-15(20)9-16(12)18(21)10-13-5-6-14(8-13)17(18)11-19(2)3/h4,7,9,13-14,17,20-21H,5-6,8,10-11H2,1-3H3/t13-,14+,17-,18-/m0/s1. The number of fused-ring (bicyclic) bond motifs is 2. The smallest absolute Gasteiger partial charge is 0.115 e. The molecule has 0 spiro atoms. The minimum atomic E-state index is -0.794. The van der Waals surface area contributed by atoms with Gasteiger partial charge in [-0.1, -0.05) is 12.5 Å². The molecule has 0 aliphatic heterocycles. The largest absolute Gasteiger partial charge is 0.508 e. The Labute approximate surface area is 127 Å². The number of aromatic hydroxyl groups is 1. The van der Waals surface area contributed by atoms with Crippen LogP contribution in [0.15, 0.2) is 18.2 Å². The highest BCUT2D eigenvalue weighted by Gasteiger charge is 2.51. The Kier molecular flexibility index (Phi) is 3.74. The predicted molar refractivity (Wildman–Crippen MR) is 84.2 cm³/mol. The van der Waals surface area contributed by atoms with Crippen molar-refractivity contribution in [1.82, 2.24) is 4.90 Å². The highest BCUT2D eigenvalue weighted by atomic mass is 16.3. The second-order valence-corrected chi connectivity index (χ2v) is 7.44. The molecule has 0 aromatic heterocycles. The summed E-state index contributed by atoms with van der Waals surface area (Å²) in [6.07, 6.45) is 4.59. The van der Waals surface area contributed by atoms with E-state index in [0.717, 1.165) is 24.1 Å². The van der Waals surface area contributed by atoms with Crippen LogP contribution in [0, 0.1) is 24.7 Å². The van der Waals surface area contributed by atoms with Crippen molar-refractivity contribution in [3.63, 3.8) is 0 Å². The molecule has 3 rings (SSSR count). The van der Waals surface area contributed by atoms with Gasteiger partial charge in [-0.25, -0.2) is 0 Å². The maximum absolute atomic E-state index is 11.6. The zero-order valence-electron chi connectivity index (χ0n) is 13.3. The van der Waals surface area contributed by atoms with Crippen LogP contribution in [0.5, 0.6) is 5.75 Å². The van der Waals surface area contributed by atoms with Crippen molar-refractivity contribution < 1.29 is 10.2 Å². The highest BCUT2D eigenvalue weighted by Crippen LogP contribution is 2.55. The third kappa shape index (κ3) is 2.58. The summed E-state index contributed by atoms with van der Waals surface area (Å²) in [5.41, 5.74) is 1.23. The number of hydrogen-bond donors (Lipinski definition) is 2. The quantitative estimate of drug-likeness (QED) is 0.899. The van der Waals surface area contributed by atoms with Crippen molar-refractivity contribution in [1.29, 1.82) is 0 Å². The Morgan fingerprint density at radius 3 is 2.76 bits per heavy atom. The lowest BCUT2D eigenvalue weighted by molar-refractivity contribution is -0.0896. The molecular weight excluding hydrogens is 262 g/mol. The maximum Gasteiger partial charge on any atom is 0.115 e. The van der Waals surface area contributed by atoms with Gasteiger partial charge in [-0.05, 0) is 75.4 Å². The third-order valence-corrected chi connectivity index (χ3v) is 5.61. The highest BCUT2D eigenvalue weighted by molar-refractivity contribution is 5.39. The molecule has 116 valence electrons. The number of benzene rings is 1. The number of aliphatic hydroxyl groups is 1. The molecule has 4 atom stereocenters. The van der Waals surface area contributed by atoms with Crippen LogP contribution in [0.3, 0.4) is 0 Å². The Hall–Kier alpha value is -1.06. The molecule has 1 aromatic rings. The van der Waals surface area contributed by atoms with E-state index in [1.54, 1.807) is 12.1 Å². The SMILES string of the molecule is Cc1ccc(O)cc1[C@@]1(O)C[C@H]2CC[C@H](C2)[C@@H]1CN(C)C. The first kappa shape index (κ1) is 14.9. The second kappa shape index (κ2) is 5.29. The average molecular weight is 289 g/mol. The monoisotopic (exact) mass is 289 g/mol. The van der Waals surface area contributed by atoms with Crippen LogP contribution < -0.4 is 0 Å². The lowest BCUT2D eigenvalue weighted by Gasteiger charge is -2.46. The van der Waals surface area contributed by atoms with Crippen LogP contribution in [0.2, 0.25) is 0 Å². The average Bonchev–Trinajstić information content (AvgIpc) is 2.81. The number of aryl methyl sites for hydroxylation is 1. The van der Waals surface area contributed by atoms with E-state index in [0.29, 0.717) is 11.8 Å². The van der Waals surface area contributed by atoms with Gasteiger partial charge in [-0.2, -0.15) is 0 Å². The molecule has 0 saturated heterocycles. The van der Waals surface area contributed by atoms with Crippen LogP contribution in [0.1, 0.15) is 36.8 Å². The number of hydrogen-bond acceptors (Lipinski definition) is 3. The van der Waals surface area contributed by atoms with Gasteiger partial charge >= 0.3 is 0 Å². The first-order chi connectivity index (χ1) is 9.90. The van der Waals surface area contributed by atoms with Gasteiger partial charge in [0.25, 0.3) is 0 Å². The van der Waals surface area contributed by atoms with Gasteiger partial charge < -0.3 is 15.1 Å². The molecule has 2 fully saturated rings. The van der Waals surface area contributed by atoms with Crippen LogP contribution in [-0.4, -0.2) is 35.8 Å². The van der Waals surface area contributed by atoms with Crippen LogP contribution in [0.25, 0.3) is 0 Å². The molecule has 3 nitrogen and oxygen atoms in total. The van der Waals surface area contributed by atoms with E-state index < -0.39 is 5.60 Å². The molecule has 21 heavy (non-hydrogen) atoms. The topological polar surface area (TPSA) is 43.7 Å². The zero-order valence-corrected chi connectivity index (χ0v) is 13.3. The van der Waals surface area contributed by atoms with Gasteiger partial charge in [0.15, 0.2) is 0 Å². The van der Waals surface area contributed by atoms with E-state index in [1.807, 2.05) is 13.0 Å². The Morgan fingerprint density at radius 2 is 2.05 bits per heavy atom. The lowest BCUT2D eigenvalue weighted by Crippen LogP contribution is -2.47. The van der Waals surface area contributed by atoms with Crippen molar-refractivity contribution in [3.8, 4) is 5.75 Å². The fraction of sp³-hybridized carbons (Fsp3) is 0.667. The van der Waals surface area contributed by atoms with Crippen molar-refractivity contribution in [2.24, 2.45) is 17.8 Å². The van der Waals surface area contributed by atoms with E-state index in [4.69, 9.17) is 0 Å².